The summed E-state index contributed by atoms with van der Waals surface area (Å²) < 4.78 is 23.2. The molecule has 0 spiro atoms. The molecule has 1 aromatic rings. The van der Waals surface area contributed by atoms with Crippen LogP contribution in [0, 0.1) is 0 Å². The molecule has 1 N–H and O–H groups in total. The van der Waals surface area contributed by atoms with E-state index in [1.807, 2.05) is 18.4 Å². The summed E-state index contributed by atoms with van der Waals surface area (Å²) in [6.07, 6.45) is 6.63. The highest BCUT2D eigenvalue weighted by atomic mass is 32.2. The van der Waals surface area contributed by atoms with Crippen molar-refractivity contribution < 1.29 is 8.42 Å². The molecule has 1 saturated carbocycles. The smallest absolute Gasteiger partial charge is 0.150 e. The van der Waals surface area contributed by atoms with Gasteiger partial charge in [-0.05, 0) is 37.7 Å². The lowest BCUT2D eigenvalue weighted by Gasteiger charge is -2.28. The summed E-state index contributed by atoms with van der Waals surface area (Å²) in [5.74, 6) is 0.719. The molecule has 5 nitrogen and oxygen atoms in total. The summed E-state index contributed by atoms with van der Waals surface area (Å²) >= 11 is 1.55. The molecule has 7 heteroatoms. The van der Waals surface area contributed by atoms with Gasteiger partial charge in [-0.25, -0.2) is 8.42 Å². The first-order valence-electron chi connectivity index (χ1n) is 6.32. The first-order chi connectivity index (χ1) is 8.99. The molecule has 1 aromatic heterocycles. The standard InChI is InChI=1S/C12H19N3O2S2/c1-18-12-7-6-11(14-15-12)13-9-4-3-5-10(8-9)19(2,16)17/h6-7,9-10H,3-5,8H2,1-2H3,(H,13,14). The van der Waals surface area contributed by atoms with E-state index < -0.39 is 9.84 Å². The molecule has 0 bridgehead atoms. The molecule has 0 radical (unpaired) electrons. The Morgan fingerprint density at radius 1 is 1.32 bits per heavy atom. The zero-order chi connectivity index (χ0) is 13.9. The summed E-state index contributed by atoms with van der Waals surface area (Å²) in [4.78, 5) is 0. The van der Waals surface area contributed by atoms with E-state index in [0.717, 1.165) is 30.1 Å². The number of rotatable bonds is 4. The van der Waals surface area contributed by atoms with Crippen LogP contribution < -0.4 is 5.32 Å². The van der Waals surface area contributed by atoms with Gasteiger partial charge in [0.15, 0.2) is 0 Å². The topological polar surface area (TPSA) is 72.0 Å². The lowest BCUT2D eigenvalue weighted by molar-refractivity contribution is 0.452. The van der Waals surface area contributed by atoms with Gasteiger partial charge in [0.1, 0.15) is 20.7 Å². The average Bonchev–Trinajstić information content (AvgIpc) is 2.39. The Hall–Kier alpha value is -0.820. The fourth-order valence-corrected chi connectivity index (χ4v) is 3.88. The van der Waals surface area contributed by atoms with Gasteiger partial charge in [-0.2, -0.15) is 0 Å². The summed E-state index contributed by atoms with van der Waals surface area (Å²) in [6, 6.07) is 3.97. The summed E-state index contributed by atoms with van der Waals surface area (Å²) in [6.45, 7) is 0. The first kappa shape index (κ1) is 14.6. The maximum atomic E-state index is 11.6. The summed E-state index contributed by atoms with van der Waals surface area (Å²) in [7, 11) is -2.94. The van der Waals surface area contributed by atoms with Crippen LogP contribution in [0.1, 0.15) is 25.7 Å². The molecular formula is C12H19N3O2S2. The Morgan fingerprint density at radius 2 is 2.11 bits per heavy atom. The van der Waals surface area contributed by atoms with Gasteiger partial charge >= 0.3 is 0 Å². The van der Waals surface area contributed by atoms with Crippen LogP contribution in [0.25, 0.3) is 0 Å². The molecule has 0 aromatic carbocycles. The lowest BCUT2D eigenvalue weighted by atomic mass is 9.95. The maximum absolute atomic E-state index is 11.6. The first-order valence-corrected chi connectivity index (χ1v) is 9.50. The number of anilines is 1. The van der Waals surface area contributed by atoms with Crippen LogP contribution in [0.15, 0.2) is 17.2 Å². The van der Waals surface area contributed by atoms with Gasteiger partial charge in [0.25, 0.3) is 0 Å². The Balaban J connectivity index is 1.98. The van der Waals surface area contributed by atoms with Gasteiger partial charge in [-0.1, -0.05) is 6.42 Å². The van der Waals surface area contributed by atoms with E-state index in [2.05, 4.69) is 15.5 Å². The zero-order valence-corrected chi connectivity index (χ0v) is 12.8. The van der Waals surface area contributed by atoms with Crippen molar-refractivity contribution in [3.05, 3.63) is 12.1 Å². The minimum absolute atomic E-state index is 0.169. The van der Waals surface area contributed by atoms with Crippen molar-refractivity contribution in [2.75, 3.05) is 17.8 Å². The molecule has 1 aliphatic rings. The van der Waals surface area contributed by atoms with Crippen LogP contribution in [0.3, 0.4) is 0 Å². The van der Waals surface area contributed by atoms with E-state index in [1.54, 1.807) is 11.8 Å². The summed E-state index contributed by atoms with van der Waals surface area (Å²) in [5, 5.41) is 12.1. The van der Waals surface area contributed by atoms with E-state index in [-0.39, 0.29) is 11.3 Å². The fourth-order valence-electron chi connectivity index (χ4n) is 2.38. The minimum atomic E-state index is -2.94. The average molecular weight is 301 g/mol. The highest BCUT2D eigenvalue weighted by molar-refractivity contribution is 7.98. The van der Waals surface area contributed by atoms with Crippen molar-refractivity contribution in [2.45, 2.75) is 42.0 Å². The second kappa shape index (κ2) is 6.09. The SMILES string of the molecule is CSc1ccc(NC2CCCC(S(C)(=O)=O)C2)nn1. The molecule has 0 saturated heterocycles. The van der Waals surface area contributed by atoms with Crippen LogP contribution in [-0.4, -0.2) is 42.4 Å². The molecular weight excluding hydrogens is 282 g/mol. The Bertz CT molecular complexity index is 516. The third kappa shape index (κ3) is 4.07. The van der Waals surface area contributed by atoms with Gasteiger partial charge in [0, 0.05) is 12.3 Å². The lowest BCUT2D eigenvalue weighted by Crippen LogP contribution is -2.34. The molecule has 1 aliphatic carbocycles. The number of sulfone groups is 1. The molecule has 0 amide bonds. The van der Waals surface area contributed by atoms with E-state index in [9.17, 15) is 8.42 Å². The van der Waals surface area contributed by atoms with Gasteiger partial charge in [0.05, 0.1) is 5.25 Å². The number of thioether (sulfide) groups is 1. The molecule has 1 heterocycles. The van der Waals surface area contributed by atoms with E-state index >= 15 is 0 Å². The molecule has 1 fully saturated rings. The van der Waals surface area contributed by atoms with Crippen molar-refractivity contribution in [2.24, 2.45) is 0 Å². The maximum Gasteiger partial charge on any atom is 0.150 e. The third-order valence-corrected chi connectivity index (χ3v) is 5.71. The number of nitrogens with zero attached hydrogens (tertiary/aromatic N) is 2. The predicted octanol–water partition coefficient (Wildman–Crippen LogP) is 1.97. The van der Waals surface area contributed by atoms with Crippen molar-refractivity contribution in [1.82, 2.24) is 10.2 Å². The normalized spacial score (nSPS) is 24.1. The fraction of sp³-hybridized carbons (Fsp3) is 0.667. The Kier molecular flexibility index (Phi) is 4.67. The molecule has 2 unspecified atom stereocenters. The quantitative estimate of drug-likeness (QED) is 0.857. The van der Waals surface area contributed by atoms with Crippen LogP contribution in [-0.2, 0) is 9.84 Å². The second-order valence-electron chi connectivity index (χ2n) is 4.92. The molecule has 19 heavy (non-hydrogen) atoms. The highest BCUT2D eigenvalue weighted by Crippen LogP contribution is 2.26. The van der Waals surface area contributed by atoms with Crippen molar-refractivity contribution >= 4 is 27.4 Å². The molecule has 2 atom stereocenters. The van der Waals surface area contributed by atoms with Gasteiger partial charge < -0.3 is 5.32 Å². The van der Waals surface area contributed by atoms with E-state index in [4.69, 9.17) is 0 Å². The van der Waals surface area contributed by atoms with Crippen LogP contribution >= 0.6 is 11.8 Å². The largest absolute Gasteiger partial charge is 0.366 e. The van der Waals surface area contributed by atoms with Crippen LogP contribution in [0.5, 0.6) is 0 Å². The molecule has 0 aliphatic heterocycles. The summed E-state index contributed by atoms with van der Waals surface area (Å²) in [5.41, 5.74) is 0. The highest BCUT2D eigenvalue weighted by Gasteiger charge is 2.28. The molecule has 106 valence electrons. The minimum Gasteiger partial charge on any atom is -0.366 e. The predicted molar refractivity (Wildman–Crippen MR) is 78.3 cm³/mol. The number of hydrogen-bond acceptors (Lipinski definition) is 6. The number of aromatic nitrogens is 2. The molecule has 2 rings (SSSR count). The second-order valence-corrected chi connectivity index (χ2v) is 8.07. The van der Waals surface area contributed by atoms with Gasteiger partial charge in [-0.15, -0.1) is 22.0 Å². The third-order valence-electron chi connectivity index (χ3n) is 3.43. The van der Waals surface area contributed by atoms with Crippen molar-refractivity contribution in [1.29, 1.82) is 0 Å². The van der Waals surface area contributed by atoms with E-state index in [1.165, 1.54) is 6.26 Å². The number of nitrogens with one attached hydrogen (secondary N) is 1. The van der Waals surface area contributed by atoms with E-state index in [0.29, 0.717) is 6.42 Å². The van der Waals surface area contributed by atoms with Crippen molar-refractivity contribution in [3.8, 4) is 0 Å². The van der Waals surface area contributed by atoms with Crippen LogP contribution in [0.4, 0.5) is 5.82 Å². The Labute approximate surface area is 118 Å². The van der Waals surface area contributed by atoms with Gasteiger partial charge in [-0.3, -0.25) is 0 Å². The Morgan fingerprint density at radius 3 is 2.68 bits per heavy atom. The van der Waals surface area contributed by atoms with Crippen LogP contribution in [0.2, 0.25) is 0 Å². The monoisotopic (exact) mass is 301 g/mol. The number of hydrogen-bond donors (Lipinski definition) is 1. The zero-order valence-electron chi connectivity index (χ0n) is 11.2. The van der Waals surface area contributed by atoms with Crippen molar-refractivity contribution in [3.63, 3.8) is 0 Å². The van der Waals surface area contributed by atoms with Gasteiger partial charge in [0.2, 0.25) is 0 Å².